The summed E-state index contributed by atoms with van der Waals surface area (Å²) in [5.41, 5.74) is 0.485. The second kappa shape index (κ2) is 7.51. The van der Waals surface area contributed by atoms with Crippen LogP contribution in [-0.4, -0.2) is 49.6 Å². The van der Waals surface area contributed by atoms with E-state index in [9.17, 15) is 9.59 Å². The standard InChI is InChI=1S/C23H34N2O3/c1-22(2)17-11-13-23(22,3)19(15-17)24-20(26)12-14-25(4,5)16-21(27)28-18-9-7-6-8-10-18/h6-10,17,19H,11-16H2,1-5H3/p+1/t17-,19+,23+/m1/s1. The van der Waals surface area contributed by atoms with Crippen LogP contribution in [0.25, 0.3) is 0 Å². The van der Waals surface area contributed by atoms with Crippen LogP contribution in [-0.2, 0) is 9.59 Å². The maximum absolute atomic E-state index is 12.6. The van der Waals surface area contributed by atoms with Gasteiger partial charge in [0.1, 0.15) is 5.75 Å². The molecule has 2 fully saturated rings. The lowest BCUT2D eigenvalue weighted by Crippen LogP contribution is -2.50. The maximum Gasteiger partial charge on any atom is 0.367 e. The van der Waals surface area contributed by atoms with Crippen molar-refractivity contribution in [3.63, 3.8) is 0 Å². The molecule has 154 valence electrons. The molecule has 3 atom stereocenters. The van der Waals surface area contributed by atoms with E-state index in [2.05, 4.69) is 26.1 Å². The largest absolute Gasteiger partial charge is 0.422 e. The van der Waals surface area contributed by atoms with Crippen molar-refractivity contribution in [1.82, 2.24) is 5.32 Å². The van der Waals surface area contributed by atoms with Crippen molar-refractivity contribution >= 4 is 11.9 Å². The van der Waals surface area contributed by atoms with Crippen molar-refractivity contribution in [3.05, 3.63) is 30.3 Å². The number of esters is 1. The second-order valence-electron chi connectivity index (χ2n) is 10.1. The molecular formula is C23H35N2O3+. The molecular weight excluding hydrogens is 352 g/mol. The predicted molar refractivity (Wildman–Crippen MR) is 110 cm³/mol. The molecule has 0 aliphatic heterocycles. The highest BCUT2D eigenvalue weighted by molar-refractivity contribution is 5.76. The summed E-state index contributed by atoms with van der Waals surface area (Å²) in [7, 11) is 3.92. The summed E-state index contributed by atoms with van der Waals surface area (Å²) in [6, 6.07) is 9.36. The monoisotopic (exact) mass is 387 g/mol. The van der Waals surface area contributed by atoms with E-state index in [0.29, 0.717) is 34.5 Å². The minimum absolute atomic E-state index is 0.0946. The molecule has 5 heteroatoms. The highest BCUT2D eigenvalue weighted by Gasteiger charge is 2.61. The van der Waals surface area contributed by atoms with E-state index in [0.717, 1.165) is 6.42 Å². The van der Waals surface area contributed by atoms with E-state index in [1.165, 1.54) is 12.8 Å². The predicted octanol–water partition coefficient (Wildman–Crippen LogP) is 3.39. The Bertz CT molecular complexity index is 729. The molecule has 0 unspecified atom stereocenters. The Labute approximate surface area is 169 Å². The number of nitrogens with one attached hydrogen (secondary N) is 1. The minimum atomic E-state index is -0.279. The number of fused-ring (bicyclic) bond motifs is 2. The van der Waals surface area contributed by atoms with Gasteiger partial charge in [0.2, 0.25) is 5.91 Å². The number of para-hydroxylation sites is 1. The summed E-state index contributed by atoms with van der Waals surface area (Å²) in [4.78, 5) is 24.8. The number of amides is 1. The topological polar surface area (TPSA) is 55.4 Å². The van der Waals surface area contributed by atoms with E-state index < -0.39 is 0 Å². The van der Waals surface area contributed by atoms with Crippen LogP contribution < -0.4 is 10.1 Å². The van der Waals surface area contributed by atoms with E-state index in [1.54, 1.807) is 12.1 Å². The highest BCUT2D eigenvalue weighted by Crippen LogP contribution is 2.65. The van der Waals surface area contributed by atoms with Crippen LogP contribution in [0.4, 0.5) is 0 Å². The van der Waals surface area contributed by atoms with Gasteiger partial charge in [-0.2, -0.15) is 0 Å². The number of ether oxygens (including phenoxy) is 1. The average Bonchev–Trinajstić information content (AvgIpc) is 2.94. The fourth-order valence-electron chi connectivity index (χ4n) is 5.17. The Balaban J connectivity index is 1.47. The first kappa shape index (κ1) is 20.8. The number of likely N-dealkylation sites (N-methyl/N-ethyl adjacent to an activating group) is 1. The lowest BCUT2D eigenvalue weighted by Gasteiger charge is -2.39. The molecule has 3 rings (SSSR count). The van der Waals surface area contributed by atoms with Crippen molar-refractivity contribution < 1.29 is 18.8 Å². The third kappa shape index (κ3) is 4.09. The molecule has 0 saturated heterocycles. The molecule has 0 radical (unpaired) electrons. The van der Waals surface area contributed by atoms with Crippen LogP contribution in [0.5, 0.6) is 5.75 Å². The number of hydrogen-bond acceptors (Lipinski definition) is 3. The number of carbonyl (C=O) groups excluding carboxylic acids is 2. The SMILES string of the molecule is CC1(C)[C@@H]2CC[C@@]1(C)[C@@H](NC(=O)CC[N+](C)(C)CC(=O)Oc1ccccc1)C2. The Hall–Kier alpha value is -1.88. The number of rotatable bonds is 7. The van der Waals surface area contributed by atoms with Gasteiger partial charge >= 0.3 is 5.97 Å². The Kier molecular flexibility index (Phi) is 5.59. The number of benzene rings is 1. The van der Waals surface area contributed by atoms with Gasteiger partial charge < -0.3 is 14.5 Å². The van der Waals surface area contributed by atoms with Gasteiger partial charge in [-0.05, 0) is 48.1 Å². The average molecular weight is 388 g/mol. The molecule has 2 bridgehead atoms. The lowest BCUT2D eigenvalue weighted by atomic mass is 9.69. The highest BCUT2D eigenvalue weighted by atomic mass is 16.5. The summed E-state index contributed by atoms with van der Waals surface area (Å²) < 4.78 is 5.80. The second-order valence-corrected chi connectivity index (χ2v) is 10.1. The normalized spacial score (nSPS) is 28.2. The Morgan fingerprint density at radius 2 is 1.86 bits per heavy atom. The molecule has 1 amide bonds. The van der Waals surface area contributed by atoms with Crippen molar-refractivity contribution in [3.8, 4) is 5.75 Å². The van der Waals surface area contributed by atoms with E-state index in [4.69, 9.17) is 4.74 Å². The van der Waals surface area contributed by atoms with Crippen LogP contribution >= 0.6 is 0 Å². The molecule has 28 heavy (non-hydrogen) atoms. The first-order valence-corrected chi connectivity index (χ1v) is 10.4. The minimum Gasteiger partial charge on any atom is -0.422 e. The zero-order chi connectivity index (χ0) is 20.6. The molecule has 0 spiro atoms. The van der Waals surface area contributed by atoms with Gasteiger partial charge in [-0.15, -0.1) is 0 Å². The fraction of sp³-hybridized carbons (Fsp3) is 0.652. The fourth-order valence-corrected chi connectivity index (χ4v) is 5.17. The third-order valence-corrected chi connectivity index (χ3v) is 7.61. The first-order valence-electron chi connectivity index (χ1n) is 10.4. The smallest absolute Gasteiger partial charge is 0.367 e. The summed E-state index contributed by atoms with van der Waals surface area (Å²) in [6.45, 7) is 7.89. The molecule has 0 heterocycles. The van der Waals surface area contributed by atoms with Crippen LogP contribution in [0.15, 0.2) is 30.3 Å². The van der Waals surface area contributed by atoms with Gasteiger partial charge in [0.05, 0.1) is 27.1 Å². The molecule has 2 aliphatic carbocycles. The van der Waals surface area contributed by atoms with Gasteiger partial charge in [0.25, 0.3) is 0 Å². The molecule has 1 aromatic carbocycles. The lowest BCUT2D eigenvalue weighted by molar-refractivity contribution is -0.882. The van der Waals surface area contributed by atoms with Gasteiger partial charge in [-0.3, -0.25) is 4.79 Å². The zero-order valence-corrected chi connectivity index (χ0v) is 18.0. The number of nitrogens with zero attached hydrogens (tertiary/aromatic N) is 1. The van der Waals surface area contributed by atoms with Gasteiger partial charge in [0.15, 0.2) is 6.54 Å². The molecule has 1 aromatic rings. The van der Waals surface area contributed by atoms with Crippen molar-refractivity contribution in [1.29, 1.82) is 0 Å². The number of hydrogen-bond donors (Lipinski definition) is 1. The Morgan fingerprint density at radius 1 is 1.18 bits per heavy atom. The van der Waals surface area contributed by atoms with Crippen LogP contribution in [0.3, 0.4) is 0 Å². The molecule has 5 nitrogen and oxygen atoms in total. The molecule has 2 aliphatic rings. The quantitative estimate of drug-likeness (QED) is 0.443. The van der Waals surface area contributed by atoms with Gasteiger partial charge in [-0.25, -0.2) is 4.79 Å². The van der Waals surface area contributed by atoms with Crippen molar-refractivity contribution in [2.75, 3.05) is 27.2 Å². The van der Waals surface area contributed by atoms with E-state index >= 15 is 0 Å². The summed E-state index contributed by atoms with van der Waals surface area (Å²) in [6.07, 6.45) is 3.99. The van der Waals surface area contributed by atoms with Crippen LogP contribution in [0.2, 0.25) is 0 Å². The zero-order valence-electron chi connectivity index (χ0n) is 18.0. The van der Waals surface area contributed by atoms with E-state index in [1.807, 2.05) is 32.3 Å². The van der Waals surface area contributed by atoms with Gasteiger partial charge in [0, 0.05) is 6.04 Å². The summed E-state index contributed by atoms with van der Waals surface area (Å²) in [5, 5.41) is 3.31. The van der Waals surface area contributed by atoms with Crippen LogP contribution in [0, 0.1) is 16.7 Å². The molecule has 0 aromatic heterocycles. The molecule has 1 N–H and O–H groups in total. The number of quaternary nitrogens is 1. The van der Waals surface area contributed by atoms with Gasteiger partial charge in [-0.1, -0.05) is 39.0 Å². The third-order valence-electron chi connectivity index (χ3n) is 7.61. The van der Waals surface area contributed by atoms with Crippen molar-refractivity contribution in [2.45, 2.75) is 52.5 Å². The first-order chi connectivity index (χ1) is 13.0. The maximum atomic E-state index is 12.6. The molecule has 2 saturated carbocycles. The van der Waals surface area contributed by atoms with Crippen molar-refractivity contribution in [2.24, 2.45) is 16.7 Å². The summed E-state index contributed by atoms with van der Waals surface area (Å²) >= 11 is 0. The number of carbonyl (C=O) groups is 2. The van der Waals surface area contributed by atoms with E-state index in [-0.39, 0.29) is 29.9 Å². The van der Waals surface area contributed by atoms with Crippen LogP contribution in [0.1, 0.15) is 46.5 Å². The summed E-state index contributed by atoms with van der Waals surface area (Å²) in [5.74, 6) is 1.08. The Morgan fingerprint density at radius 3 is 2.43 bits per heavy atom.